The molecule has 3 rings (SSSR count). The number of halogens is 1. The fraction of sp³-hybridized carbons (Fsp3) is 0.500. The van der Waals surface area contributed by atoms with Crippen LogP contribution in [0, 0.1) is 5.82 Å². The largest absolute Gasteiger partial charge is 0.444 e. The van der Waals surface area contributed by atoms with Gasteiger partial charge in [-0.1, -0.05) is 0 Å². The summed E-state index contributed by atoms with van der Waals surface area (Å²) in [5.74, 6) is -0.784. The van der Waals surface area contributed by atoms with Crippen molar-refractivity contribution in [2.24, 2.45) is 0 Å². The van der Waals surface area contributed by atoms with Crippen molar-refractivity contribution >= 4 is 27.8 Å². The zero-order chi connectivity index (χ0) is 25.3. The van der Waals surface area contributed by atoms with Crippen LogP contribution in [-0.2, 0) is 30.4 Å². The van der Waals surface area contributed by atoms with Gasteiger partial charge in [-0.05, 0) is 45.7 Å². The minimum Gasteiger partial charge on any atom is -0.444 e. The van der Waals surface area contributed by atoms with Crippen molar-refractivity contribution in [1.82, 2.24) is 14.5 Å². The van der Waals surface area contributed by atoms with E-state index in [1.165, 1.54) is 28.1 Å². The van der Waals surface area contributed by atoms with Crippen LogP contribution in [-0.4, -0.2) is 66.4 Å². The van der Waals surface area contributed by atoms with E-state index < -0.39 is 39.6 Å². The van der Waals surface area contributed by atoms with Gasteiger partial charge in [-0.3, -0.25) is 8.98 Å². The number of piperidine rings is 1. The van der Waals surface area contributed by atoms with Gasteiger partial charge in [0.25, 0.3) is 16.0 Å². The minimum absolute atomic E-state index is 0.0306. The number of carbonyl (C=O) groups excluding carboxylic acids is 2. The van der Waals surface area contributed by atoms with Crippen LogP contribution in [0.1, 0.15) is 39.4 Å². The van der Waals surface area contributed by atoms with Crippen LogP contribution in [0.15, 0.2) is 30.6 Å². The Balaban J connectivity index is 1.79. The van der Waals surface area contributed by atoms with Gasteiger partial charge >= 0.3 is 6.09 Å². The molecular weight excluding hydrogens is 467 g/mol. The van der Waals surface area contributed by atoms with Crippen LogP contribution in [0.25, 0.3) is 5.69 Å². The van der Waals surface area contributed by atoms with Crippen LogP contribution in [0.5, 0.6) is 0 Å². The normalized spacial score (nSPS) is 17.1. The average molecular weight is 497 g/mol. The van der Waals surface area contributed by atoms with Gasteiger partial charge in [0.1, 0.15) is 17.2 Å². The number of carbonyl (C=O) groups is 2. The molecule has 0 spiro atoms. The molecule has 0 bridgehead atoms. The van der Waals surface area contributed by atoms with Crippen LogP contribution in [0.2, 0.25) is 0 Å². The highest BCUT2D eigenvalue weighted by molar-refractivity contribution is 7.86. The quantitative estimate of drug-likeness (QED) is 0.566. The lowest BCUT2D eigenvalue weighted by atomic mass is 10.1. The first kappa shape index (κ1) is 25.6. The van der Waals surface area contributed by atoms with Crippen LogP contribution < -0.4 is 4.90 Å². The molecule has 1 fully saturated rings. The summed E-state index contributed by atoms with van der Waals surface area (Å²) in [6.07, 6.45) is 3.06. The van der Waals surface area contributed by atoms with Gasteiger partial charge in [-0.25, -0.2) is 14.2 Å². The maximum Gasteiger partial charge on any atom is 0.410 e. The van der Waals surface area contributed by atoms with E-state index in [2.05, 4.69) is 4.98 Å². The van der Waals surface area contributed by atoms with Gasteiger partial charge in [-0.2, -0.15) is 8.42 Å². The zero-order valence-electron chi connectivity index (χ0n) is 19.8. The fourth-order valence-corrected chi connectivity index (χ4v) is 4.15. The second-order valence-electron chi connectivity index (χ2n) is 9.11. The Morgan fingerprint density at radius 3 is 2.65 bits per heavy atom. The fourth-order valence-electron chi connectivity index (χ4n) is 3.55. The number of nitrogens with zero attached hydrogens (tertiary/aromatic N) is 4. The highest BCUT2D eigenvalue weighted by Crippen LogP contribution is 2.28. The van der Waals surface area contributed by atoms with E-state index in [0.717, 1.165) is 6.26 Å². The van der Waals surface area contributed by atoms with Gasteiger partial charge in [-0.15, -0.1) is 0 Å². The number of hydrogen-bond acceptors (Lipinski definition) is 7. The number of hydrogen-bond donors (Lipinski definition) is 0. The van der Waals surface area contributed by atoms with Gasteiger partial charge in [0.05, 0.1) is 18.5 Å². The first-order valence-corrected chi connectivity index (χ1v) is 12.5. The Labute approximate surface area is 198 Å². The van der Waals surface area contributed by atoms with E-state index in [1.54, 1.807) is 44.6 Å². The lowest BCUT2D eigenvalue weighted by Crippen LogP contribution is -2.46. The number of aromatic nitrogens is 2. The van der Waals surface area contributed by atoms with Gasteiger partial charge in [0.15, 0.2) is 6.10 Å². The standard InChI is InChI=1S/C22H29FN4O6S/c1-22(2,3)32-21(29)25(4)14-19-24-10-12-26(19)15-8-9-17(16(23)13-15)27-11-6-7-18(20(27)28)33-34(5,30)31/h8-10,12-13,18H,6-7,11,14H2,1-5H3. The van der Waals surface area contributed by atoms with Crippen molar-refractivity contribution in [2.75, 3.05) is 24.7 Å². The molecule has 0 saturated carbocycles. The van der Waals surface area contributed by atoms with Crippen molar-refractivity contribution in [2.45, 2.75) is 51.9 Å². The van der Waals surface area contributed by atoms with Crippen molar-refractivity contribution in [3.8, 4) is 5.69 Å². The van der Waals surface area contributed by atoms with E-state index in [4.69, 9.17) is 8.92 Å². The topological polar surface area (TPSA) is 111 Å². The Kier molecular flexibility index (Phi) is 7.32. The summed E-state index contributed by atoms with van der Waals surface area (Å²) in [6.45, 7) is 5.68. The molecule has 2 amide bonds. The second kappa shape index (κ2) is 9.71. The molecule has 0 N–H and O–H groups in total. The summed E-state index contributed by atoms with van der Waals surface area (Å²) >= 11 is 0. The predicted molar refractivity (Wildman–Crippen MR) is 123 cm³/mol. The number of rotatable bonds is 6. The molecule has 10 nitrogen and oxygen atoms in total. The third-order valence-electron chi connectivity index (χ3n) is 4.98. The molecule has 0 aliphatic carbocycles. The van der Waals surface area contributed by atoms with E-state index in [1.807, 2.05) is 0 Å². The summed E-state index contributed by atoms with van der Waals surface area (Å²) < 4.78 is 49.8. The van der Waals surface area contributed by atoms with Crippen molar-refractivity contribution < 1.29 is 31.3 Å². The molecule has 1 unspecified atom stereocenters. The molecule has 2 aromatic rings. The molecule has 0 radical (unpaired) electrons. The van der Waals surface area contributed by atoms with Crippen molar-refractivity contribution in [3.63, 3.8) is 0 Å². The first-order chi connectivity index (χ1) is 15.7. The molecular formula is C22H29FN4O6S. The maximum absolute atomic E-state index is 15.1. The first-order valence-electron chi connectivity index (χ1n) is 10.7. The molecule has 1 aromatic carbocycles. The average Bonchev–Trinajstić information content (AvgIpc) is 3.15. The molecule has 2 heterocycles. The van der Waals surface area contributed by atoms with Crippen LogP contribution in [0.4, 0.5) is 14.9 Å². The molecule has 186 valence electrons. The Morgan fingerprint density at radius 2 is 2.03 bits per heavy atom. The van der Waals surface area contributed by atoms with E-state index in [-0.39, 0.29) is 25.2 Å². The SMILES string of the molecule is CN(Cc1nccn1-c1ccc(N2CCCC(OS(C)(=O)=O)C2=O)c(F)c1)C(=O)OC(C)(C)C. The molecule has 1 aliphatic heterocycles. The summed E-state index contributed by atoms with van der Waals surface area (Å²) in [6, 6.07) is 4.32. The number of imidazole rings is 1. The lowest BCUT2D eigenvalue weighted by Gasteiger charge is -2.31. The molecule has 34 heavy (non-hydrogen) atoms. The van der Waals surface area contributed by atoms with Crippen LogP contribution >= 0.6 is 0 Å². The highest BCUT2D eigenvalue weighted by Gasteiger charge is 2.34. The number of anilines is 1. The lowest BCUT2D eigenvalue weighted by molar-refractivity contribution is -0.126. The van der Waals surface area contributed by atoms with Crippen LogP contribution in [0.3, 0.4) is 0 Å². The summed E-state index contributed by atoms with van der Waals surface area (Å²) in [4.78, 5) is 31.8. The Bertz CT molecular complexity index is 1170. The number of ether oxygens (including phenoxy) is 1. The summed E-state index contributed by atoms with van der Waals surface area (Å²) in [5, 5.41) is 0. The highest BCUT2D eigenvalue weighted by atomic mass is 32.2. The predicted octanol–water partition coefficient (Wildman–Crippen LogP) is 2.85. The van der Waals surface area contributed by atoms with Crippen molar-refractivity contribution in [3.05, 3.63) is 42.2 Å². The Hall–Kier alpha value is -2.99. The minimum atomic E-state index is -3.83. The number of benzene rings is 1. The summed E-state index contributed by atoms with van der Waals surface area (Å²) in [5.41, 5.74) is -0.167. The molecule has 12 heteroatoms. The third-order valence-corrected chi connectivity index (χ3v) is 5.56. The van der Waals surface area contributed by atoms with Gasteiger partial charge in [0, 0.05) is 37.7 Å². The third kappa shape index (κ3) is 6.32. The second-order valence-corrected chi connectivity index (χ2v) is 10.7. The molecule has 1 aliphatic rings. The molecule has 1 atom stereocenters. The zero-order valence-corrected chi connectivity index (χ0v) is 20.6. The van der Waals surface area contributed by atoms with E-state index in [9.17, 15) is 18.0 Å². The monoisotopic (exact) mass is 496 g/mol. The maximum atomic E-state index is 15.1. The molecule has 1 aromatic heterocycles. The van der Waals surface area contributed by atoms with Gasteiger partial charge < -0.3 is 19.1 Å². The van der Waals surface area contributed by atoms with Crippen molar-refractivity contribution in [1.29, 1.82) is 0 Å². The Morgan fingerprint density at radius 1 is 1.32 bits per heavy atom. The van der Waals surface area contributed by atoms with Gasteiger partial charge in [0.2, 0.25) is 0 Å². The smallest absolute Gasteiger partial charge is 0.410 e. The number of amides is 2. The molecule has 1 saturated heterocycles. The summed E-state index contributed by atoms with van der Waals surface area (Å²) in [7, 11) is -2.25. The van der Waals surface area contributed by atoms with E-state index >= 15 is 4.39 Å². The van der Waals surface area contributed by atoms with E-state index in [0.29, 0.717) is 17.9 Å².